The van der Waals surface area contributed by atoms with E-state index in [1.165, 1.54) is 17.1 Å². The molecule has 2 aliphatic heterocycles. The lowest BCUT2D eigenvalue weighted by atomic mass is 10.0. The molecule has 0 saturated carbocycles. The topological polar surface area (TPSA) is 92.8 Å². The summed E-state index contributed by atoms with van der Waals surface area (Å²) in [4.78, 5) is 36.6. The largest absolute Gasteiger partial charge is 0.497 e. The first kappa shape index (κ1) is 19.0. The summed E-state index contributed by atoms with van der Waals surface area (Å²) in [5, 5.41) is 13.9. The number of fused-ring (bicyclic) bond motifs is 1. The average Bonchev–Trinajstić information content (AvgIpc) is 3.48. The summed E-state index contributed by atoms with van der Waals surface area (Å²) in [6.07, 6.45) is 0. The number of methoxy groups -OCH3 is 1. The van der Waals surface area contributed by atoms with Crippen molar-refractivity contribution in [3.8, 4) is 5.75 Å². The van der Waals surface area contributed by atoms with Crippen molar-refractivity contribution in [2.75, 3.05) is 7.11 Å². The molecule has 0 radical (unpaired) electrons. The second-order valence-electron chi connectivity index (χ2n) is 7.36. The van der Waals surface area contributed by atoms with E-state index in [0.29, 0.717) is 16.9 Å². The number of hydrogen-bond donors (Lipinski definition) is 0. The first-order valence-electron chi connectivity index (χ1n) is 9.65. The van der Waals surface area contributed by atoms with Crippen molar-refractivity contribution in [2.24, 2.45) is 0 Å². The molecule has 3 aromatic rings. The molecule has 0 spiro atoms. The number of rotatable bonds is 5. The lowest BCUT2D eigenvalue weighted by Crippen LogP contribution is -2.35. The molecule has 3 atom stereocenters. The van der Waals surface area contributed by atoms with Gasteiger partial charge in [-0.3, -0.25) is 19.7 Å². The van der Waals surface area contributed by atoms with Gasteiger partial charge in [-0.15, -0.1) is 0 Å². The van der Waals surface area contributed by atoms with E-state index < -0.39 is 4.92 Å². The Hall–Kier alpha value is -4.04. The zero-order chi connectivity index (χ0) is 21.7. The number of nitro benzene ring substituents is 1. The number of benzene rings is 3. The monoisotopic (exact) mass is 415 g/mol. The summed E-state index contributed by atoms with van der Waals surface area (Å²) in [7, 11) is 1.58. The summed E-state index contributed by atoms with van der Waals surface area (Å²) in [5.41, 5.74) is 2.41. The van der Waals surface area contributed by atoms with E-state index in [9.17, 15) is 19.7 Å². The van der Waals surface area contributed by atoms with E-state index in [1.807, 2.05) is 24.3 Å². The van der Waals surface area contributed by atoms with E-state index >= 15 is 0 Å². The number of amides is 2. The molecule has 31 heavy (non-hydrogen) atoms. The van der Waals surface area contributed by atoms with Crippen LogP contribution in [0.4, 0.5) is 5.69 Å². The van der Waals surface area contributed by atoms with Crippen LogP contribution in [0.2, 0.25) is 0 Å². The number of ether oxygens (including phenoxy) is 1. The van der Waals surface area contributed by atoms with Crippen molar-refractivity contribution in [1.29, 1.82) is 0 Å². The molecule has 1 saturated heterocycles. The summed E-state index contributed by atoms with van der Waals surface area (Å²) in [6.45, 7) is 0. The van der Waals surface area contributed by atoms with Gasteiger partial charge in [-0.1, -0.05) is 36.4 Å². The molecule has 8 heteroatoms. The van der Waals surface area contributed by atoms with Crippen LogP contribution >= 0.6 is 0 Å². The van der Waals surface area contributed by atoms with Crippen molar-refractivity contribution < 1.29 is 19.2 Å². The fourth-order valence-corrected chi connectivity index (χ4v) is 4.12. The predicted molar refractivity (Wildman–Crippen MR) is 110 cm³/mol. The molecule has 1 unspecified atom stereocenters. The zero-order valence-electron chi connectivity index (χ0n) is 16.5. The molecule has 0 aliphatic carbocycles. The highest BCUT2D eigenvalue weighted by Crippen LogP contribution is 2.57. The van der Waals surface area contributed by atoms with Crippen LogP contribution in [-0.2, 0) is 0 Å². The fraction of sp³-hybridized carbons (Fsp3) is 0.130. The first-order valence-corrected chi connectivity index (χ1v) is 9.65. The van der Waals surface area contributed by atoms with Crippen molar-refractivity contribution in [3.05, 3.63) is 105 Å². The number of hydrazine groups is 1. The SMILES string of the molecule is COc1ccc([C@H]2[C@H](c3ccc([N+](=O)[O-])cc3)N2N2C(=O)c3ccccc3C2=O)cc1. The number of nitrogens with zero attached hydrogens (tertiary/aromatic N) is 3. The van der Waals surface area contributed by atoms with E-state index in [-0.39, 0.29) is 29.6 Å². The van der Waals surface area contributed by atoms with Crippen molar-refractivity contribution in [2.45, 2.75) is 12.1 Å². The highest BCUT2D eigenvalue weighted by atomic mass is 16.6. The van der Waals surface area contributed by atoms with Gasteiger partial charge in [0.15, 0.2) is 0 Å². The Bertz CT molecular complexity index is 1170. The highest BCUT2D eigenvalue weighted by molar-refractivity contribution is 6.21. The minimum atomic E-state index is -0.459. The summed E-state index contributed by atoms with van der Waals surface area (Å²) in [6, 6.07) is 19.8. The summed E-state index contributed by atoms with van der Waals surface area (Å²) >= 11 is 0. The third-order valence-electron chi connectivity index (χ3n) is 5.69. The number of carbonyl (C=O) groups is 2. The van der Waals surface area contributed by atoms with Crippen LogP contribution in [0.1, 0.15) is 43.9 Å². The molecule has 2 heterocycles. The molecule has 0 aromatic heterocycles. The van der Waals surface area contributed by atoms with Crippen LogP contribution in [0, 0.1) is 10.1 Å². The van der Waals surface area contributed by atoms with Crippen LogP contribution in [0.5, 0.6) is 5.75 Å². The minimum Gasteiger partial charge on any atom is -0.497 e. The molecular formula is C23H17N3O5. The number of hydrogen-bond acceptors (Lipinski definition) is 6. The Balaban J connectivity index is 1.54. The zero-order valence-corrected chi connectivity index (χ0v) is 16.5. The van der Waals surface area contributed by atoms with Crippen molar-refractivity contribution >= 4 is 17.5 Å². The van der Waals surface area contributed by atoms with E-state index in [4.69, 9.17) is 4.74 Å². The molecule has 2 amide bonds. The highest BCUT2D eigenvalue weighted by Gasteiger charge is 2.58. The lowest BCUT2D eigenvalue weighted by Gasteiger charge is -2.16. The van der Waals surface area contributed by atoms with Gasteiger partial charge in [0.25, 0.3) is 17.5 Å². The Kier molecular flexibility index (Phi) is 4.30. The molecule has 5 rings (SSSR count). The van der Waals surface area contributed by atoms with Gasteiger partial charge < -0.3 is 4.74 Å². The number of non-ortho nitro benzene ring substituents is 1. The number of nitro groups is 1. The molecule has 154 valence electrons. The molecule has 0 N–H and O–H groups in total. The summed E-state index contributed by atoms with van der Waals surface area (Å²) < 4.78 is 5.22. The molecule has 1 fully saturated rings. The second kappa shape index (κ2) is 7.03. The van der Waals surface area contributed by atoms with Gasteiger partial charge in [-0.2, -0.15) is 5.01 Å². The third kappa shape index (κ3) is 2.96. The van der Waals surface area contributed by atoms with Gasteiger partial charge in [0.05, 0.1) is 35.2 Å². The van der Waals surface area contributed by atoms with Gasteiger partial charge >= 0.3 is 0 Å². The second-order valence-corrected chi connectivity index (χ2v) is 7.36. The minimum absolute atomic E-state index is 0.0160. The standard InChI is InChI=1S/C23H17N3O5/c1-31-17-12-8-15(9-13-17)21-20(14-6-10-16(11-7-14)26(29)30)24(21)25-22(27)18-4-2-3-5-19(18)23(25)28/h2-13,20-21H,1H3/t20-,21-,24?/m0/s1. The smallest absolute Gasteiger partial charge is 0.276 e. The number of carbonyl (C=O) groups excluding carboxylic acids is 2. The lowest BCUT2D eigenvalue weighted by molar-refractivity contribution is -0.384. The van der Waals surface area contributed by atoms with E-state index in [2.05, 4.69) is 0 Å². The Labute approximate surface area is 177 Å². The Morgan fingerprint density at radius 1 is 0.806 bits per heavy atom. The number of imide groups is 1. The molecule has 0 bridgehead atoms. The van der Waals surface area contributed by atoms with Crippen LogP contribution in [0.25, 0.3) is 0 Å². The van der Waals surface area contributed by atoms with Crippen molar-refractivity contribution in [1.82, 2.24) is 10.0 Å². The molecule has 3 aromatic carbocycles. The van der Waals surface area contributed by atoms with Gasteiger partial charge in [-0.05, 0) is 35.4 Å². The van der Waals surface area contributed by atoms with Gasteiger partial charge in [0.2, 0.25) is 0 Å². The normalized spacial score (nSPS) is 21.7. The fourth-order valence-electron chi connectivity index (χ4n) is 4.12. The van der Waals surface area contributed by atoms with Crippen LogP contribution in [-0.4, -0.2) is 33.9 Å². The van der Waals surface area contributed by atoms with Gasteiger partial charge in [0, 0.05) is 12.1 Å². The average molecular weight is 415 g/mol. The van der Waals surface area contributed by atoms with Crippen LogP contribution in [0.15, 0.2) is 72.8 Å². The summed E-state index contributed by atoms with van der Waals surface area (Å²) in [5.74, 6) is -0.0457. The van der Waals surface area contributed by atoms with Gasteiger partial charge in [-0.25, -0.2) is 5.01 Å². The van der Waals surface area contributed by atoms with Gasteiger partial charge in [0.1, 0.15) is 5.75 Å². The quantitative estimate of drug-likeness (QED) is 0.271. The maximum atomic E-state index is 13.0. The van der Waals surface area contributed by atoms with E-state index in [0.717, 1.165) is 11.1 Å². The maximum Gasteiger partial charge on any atom is 0.276 e. The molecule has 8 nitrogen and oxygen atoms in total. The van der Waals surface area contributed by atoms with E-state index in [1.54, 1.807) is 48.5 Å². The Morgan fingerprint density at radius 2 is 1.29 bits per heavy atom. The first-order chi connectivity index (χ1) is 15.0. The Morgan fingerprint density at radius 3 is 1.74 bits per heavy atom. The molecular weight excluding hydrogens is 398 g/mol. The maximum absolute atomic E-state index is 13.0. The van der Waals surface area contributed by atoms with Crippen LogP contribution < -0.4 is 4.74 Å². The van der Waals surface area contributed by atoms with Crippen LogP contribution in [0.3, 0.4) is 0 Å². The molecule has 2 aliphatic rings. The third-order valence-corrected chi connectivity index (χ3v) is 5.69. The van der Waals surface area contributed by atoms with Crippen molar-refractivity contribution in [3.63, 3.8) is 0 Å². The predicted octanol–water partition coefficient (Wildman–Crippen LogP) is 3.91.